The molecule has 1 aromatic rings. The minimum Gasteiger partial charge on any atom is -0.493 e. The monoisotopic (exact) mass is 373 g/mol. The molecule has 7 heteroatoms. The Morgan fingerprint density at radius 1 is 1.15 bits per heavy atom. The van der Waals surface area contributed by atoms with Crippen molar-refractivity contribution >= 4 is 11.8 Å². The summed E-state index contributed by atoms with van der Waals surface area (Å²) in [5, 5.41) is 3.49. The van der Waals surface area contributed by atoms with Crippen LogP contribution in [0.4, 0.5) is 0 Å². The topological polar surface area (TPSA) is 71.1 Å². The average Bonchev–Trinajstić information content (AvgIpc) is 3.05. The van der Waals surface area contributed by atoms with E-state index < -0.39 is 0 Å². The fourth-order valence-corrected chi connectivity index (χ4v) is 4.43. The molecule has 0 radical (unpaired) electrons. The zero-order valence-corrected chi connectivity index (χ0v) is 16.0. The van der Waals surface area contributed by atoms with Gasteiger partial charge >= 0.3 is 0 Å². The Balaban J connectivity index is 1.44. The number of amides is 2. The van der Waals surface area contributed by atoms with E-state index in [0.717, 1.165) is 24.8 Å². The first-order valence-electron chi connectivity index (χ1n) is 9.62. The van der Waals surface area contributed by atoms with Gasteiger partial charge in [0.1, 0.15) is 0 Å². The molecular formula is C20H27N3O4. The SMILES string of the molecule is COc1cc2c(cc1OC)CN(C(=O)CN1CC3CCC(CC1=O)N3)CC2. The highest BCUT2D eigenvalue weighted by atomic mass is 16.5. The van der Waals surface area contributed by atoms with Crippen molar-refractivity contribution in [1.29, 1.82) is 0 Å². The fourth-order valence-electron chi connectivity index (χ4n) is 4.43. The summed E-state index contributed by atoms with van der Waals surface area (Å²) in [6, 6.07) is 4.56. The Labute approximate surface area is 159 Å². The fraction of sp³-hybridized carbons (Fsp3) is 0.600. The predicted molar refractivity (Wildman–Crippen MR) is 99.8 cm³/mol. The van der Waals surface area contributed by atoms with Crippen molar-refractivity contribution in [3.05, 3.63) is 23.3 Å². The lowest BCUT2D eigenvalue weighted by Gasteiger charge is -2.32. The molecule has 2 bridgehead atoms. The maximum Gasteiger partial charge on any atom is 0.242 e. The van der Waals surface area contributed by atoms with E-state index in [1.807, 2.05) is 17.0 Å². The third-order valence-electron chi connectivity index (χ3n) is 5.95. The van der Waals surface area contributed by atoms with Crippen LogP contribution >= 0.6 is 0 Å². The molecule has 3 heterocycles. The van der Waals surface area contributed by atoms with Gasteiger partial charge in [0.2, 0.25) is 11.8 Å². The van der Waals surface area contributed by atoms with Crippen LogP contribution in [0, 0.1) is 0 Å². The summed E-state index contributed by atoms with van der Waals surface area (Å²) in [5.41, 5.74) is 2.26. The van der Waals surface area contributed by atoms with Crippen LogP contribution in [0.1, 0.15) is 30.4 Å². The van der Waals surface area contributed by atoms with Crippen molar-refractivity contribution in [2.24, 2.45) is 0 Å². The molecule has 27 heavy (non-hydrogen) atoms. The molecule has 7 nitrogen and oxygen atoms in total. The molecule has 0 aliphatic carbocycles. The van der Waals surface area contributed by atoms with E-state index in [2.05, 4.69) is 5.32 Å². The number of carbonyl (C=O) groups excluding carboxylic acids is 2. The van der Waals surface area contributed by atoms with Crippen molar-refractivity contribution in [1.82, 2.24) is 15.1 Å². The highest BCUT2D eigenvalue weighted by Crippen LogP contribution is 2.33. The molecule has 2 atom stereocenters. The molecule has 0 saturated carbocycles. The molecule has 1 aromatic carbocycles. The molecule has 0 aromatic heterocycles. The molecule has 2 unspecified atom stereocenters. The van der Waals surface area contributed by atoms with Gasteiger partial charge in [-0.2, -0.15) is 0 Å². The molecule has 2 amide bonds. The van der Waals surface area contributed by atoms with Gasteiger partial charge in [-0.25, -0.2) is 0 Å². The highest BCUT2D eigenvalue weighted by molar-refractivity contribution is 5.85. The summed E-state index contributed by atoms with van der Waals surface area (Å²) in [6.45, 7) is 2.01. The van der Waals surface area contributed by atoms with E-state index in [1.54, 1.807) is 19.1 Å². The molecule has 3 aliphatic heterocycles. The Kier molecular flexibility index (Phi) is 4.95. The summed E-state index contributed by atoms with van der Waals surface area (Å²) in [6.07, 6.45) is 3.43. The minimum atomic E-state index is 0.0153. The van der Waals surface area contributed by atoms with Crippen LogP contribution in [0.25, 0.3) is 0 Å². The summed E-state index contributed by atoms with van der Waals surface area (Å²) >= 11 is 0. The first-order chi connectivity index (χ1) is 13.1. The number of likely N-dealkylation sites (tertiary alicyclic amines) is 1. The lowest BCUT2D eigenvalue weighted by atomic mass is 9.98. The van der Waals surface area contributed by atoms with Crippen LogP contribution in [0.2, 0.25) is 0 Å². The van der Waals surface area contributed by atoms with Crippen LogP contribution in [-0.4, -0.2) is 67.6 Å². The number of benzene rings is 1. The molecule has 3 aliphatic rings. The summed E-state index contributed by atoms with van der Waals surface area (Å²) in [4.78, 5) is 28.9. The third kappa shape index (κ3) is 3.60. The van der Waals surface area contributed by atoms with Gasteiger partial charge in [-0.15, -0.1) is 0 Å². The molecule has 146 valence electrons. The number of carbonyl (C=O) groups is 2. The van der Waals surface area contributed by atoms with Gasteiger partial charge in [0.25, 0.3) is 0 Å². The van der Waals surface area contributed by atoms with E-state index in [1.165, 1.54) is 5.56 Å². The van der Waals surface area contributed by atoms with Crippen molar-refractivity contribution in [3.8, 4) is 11.5 Å². The van der Waals surface area contributed by atoms with Gasteiger partial charge in [-0.1, -0.05) is 0 Å². The van der Waals surface area contributed by atoms with Crippen molar-refractivity contribution in [3.63, 3.8) is 0 Å². The van der Waals surface area contributed by atoms with Gasteiger partial charge in [0, 0.05) is 38.1 Å². The van der Waals surface area contributed by atoms with Crippen LogP contribution in [0.5, 0.6) is 11.5 Å². The normalized spacial score (nSPS) is 24.4. The molecule has 0 spiro atoms. The van der Waals surface area contributed by atoms with Gasteiger partial charge in [-0.05, 0) is 42.5 Å². The number of hydrogen-bond acceptors (Lipinski definition) is 5. The van der Waals surface area contributed by atoms with Crippen LogP contribution in [0.3, 0.4) is 0 Å². The molecule has 4 rings (SSSR count). The molecule has 2 fully saturated rings. The average molecular weight is 373 g/mol. The maximum absolute atomic E-state index is 12.9. The van der Waals surface area contributed by atoms with Gasteiger partial charge in [-0.3, -0.25) is 9.59 Å². The second kappa shape index (κ2) is 7.38. The Hall–Kier alpha value is -2.28. The standard InChI is InChI=1S/C20H27N3O4/c1-26-17-7-13-5-6-22(10-14(13)8-18(17)27-2)20(25)12-23-11-16-4-3-15(21-16)9-19(23)24/h7-8,15-16,21H,3-6,9-12H2,1-2H3. The Bertz CT molecular complexity index is 751. The largest absolute Gasteiger partial charge is 0.493 e. The molecule has 2 saturated heterocycles. The Morgan fingerprint density at radius 3 is 2.59 bits per heavy atom. The Morgan fingerprint density at radius 2 is 1.85 bits per heavy atom. The zero-order chi connectivity index (χ0) is 19.0. The highest BCUT2D eigenvalue weighted by Gasteiger charge is 2.35. The summed E-state index contributed by atoms with van der Waals surface area (Å²) in [7, 11) is 3.24. The van der Waals surface area contributed by atoms with Crippen molar-refractivity contribution < 1.29 is 19.1 Å². The van der Waals surface area contributed by atoms with Gasteiger partial charge < -0.3 is 24.6 Å². The van der Waals surface area contributed by atoms with Crippen LogP contribution in [-0.2, 0) is 22.6 Å². The number of nitrogens with zero attached hydrogens (tertiary/aromatic N) is 2. The second-order valence-electron chi connectivity index (χ2n) is 7.66. The van der Waals surface area contributed by atoms with Crippen molar-refractivity contribution in [2.45, 2.75) is 44.3 Å². The van der Waals surface area contributed by atoms with E-state index in [9.17, 15) is 9.59 Å². The number of hydrogen-bond donors (Lipinski definition) is 1. The lowest BCUT2D eigenvalue weighted by molar-refractivity contribution is -0.141. The summed E-state index contributed by atoms with van der Waals surface area (Å²) in [5.74, 6) is 1.50. The van der Waals surface area contributed by atoms with E-state index in [4.69, 9.17) is 9.47 Å². The number of rotatable bonds is 4. The third-order valence-corrected chi connectivity index (χ3v) is 5.95. The molecular weight excluding hydrogens is 346 g/mol. The van der Waals surface area contributed by atoms with E-state index in [-0.39, 0.29) is 24.4 Å². The van der Waals surface area contributed by atoms with Gasteiger partial charge in [0.05, 0.1) is 20.8 Å². The number of methoxy groups -OCH3 is 2. The number of ether oxygens (including phenoxy) is 2. The minimum absolute atomic E-state index is 0.0153. The zero-order valence-electron chi connectivity index (χ0n) is 16.0. The molecule has 1 N–H and O–H groups in total. The van der Waals surface area contributed by atoms with Crippen LogP contribution in [0.15, 0.2) is 12.1 Å². The predicted octanol–water partition coefficient (Wildman–Crippen LogP) is 0.941. The first kappa shape index (κ1) is 18.1. The van der Waals surface area contributed by atoms with Crippen LogP contribution < -0.4 is 14.8 Å². The first-order valence-corrected chi connectivity index (χ1v) is 9.62. The number of nitrogens with one attached hydrogen (secondary N) is 1. The van der Waals surface area contributed by atoms with E-state index >= 15 is 0 Å². The smallest absolute Gasteiger partial charge is 0.242 e. The van der Waals surface area contributed by atoms with Gasteiger partial charge in [0.15, 0.2) is 11.5 Å². The number of fused-ring (bicyclic) bond motifs is 3. The quantitative estimate of drug-likeness (QED) is 0.851. The second-order valence-corrected chi connectivity index (χ2v) is 7.66. The van der Waals surface area contributed by atoms with E-state index in [0.29, 0.717) is 43.6 Å². The maximum atomic E-state index is 12.9. The summed E-state index contributed by atoms with van der Waals surface area (Å²) < 4.78 is 10.8. The van der Waals surface area contributed by atoms with Crippen molar-refractivity contribution in [2.75, 3.05) is 33.9 Å². The lowest BCUT2D eigenvalue weighted by Crippen LogP contribution is -2.46.